The monoisotopic (exact) mass is 250 g/mol. The minimum absolute atomic E-state index is 0.661. The van der Waals surface area contributed by atoms with E-state index in [2.05, 4.69) is 26.1 Å². The summed E-state index contributed by atoms with van der Waals surface area (Å²) in [6.45, 7) is 3.13. The van der Waals surface area contributed by atoms with Crippen molar-refractivity contribution in [2.24, 2.45) is 0 Å². The van der Waals surface area contributed by atoms with Crippen molar-refractivity contribution in [3.63, 3.8) is 0 Å². The minimum Gasteiger partial charge on any atom is -0.360 e. The number of nitrogens with zero attached hydrogens (tertiary/aromatic N) is 2. The highest BCUT2D eigenvalue weighted by atomic mass is 32.1. The van der Waals surface area contributed by atoms with Crippen LogP contribution in [-0.2, 0) is 0 Å². The molecule has 17 heavy (non-hydrogen) atoms. The van der Waals surface area contributed by atoms with Gasteiger partial charge in [-0.15, -0.1) is 0 Å². The summed E-state index contributed by atoms with van der Waals surface area (Å²) < 4.78 is 4.39. The van der Waals surface area contributed by atoms with Crippen LogP contribution in [0.4, 0.5) is 5.13 Å². The molecule has 0 bridgehead atoms. The first-order chi connectivity index (χ1) is 8.42. The second-order valence-electron chi connectivity index (χ2n) is 4.73. The molecule has 1 saturated carbocycles. The third-order valence-corrected chi connectivity index (χ3v) is 3.95. The lowest BCUT2D eigenvalue weighted by Gasteiger charge is -2.13. The van der Waals surface area contributed by atoms with Crippen molar-refractivity contribution in [1.82, 2.24) is 14.7 Å². The van der Waals surface area contributed by atoms with Gasteiger partial charge in [-0.3, -0.25) is 0 Å². The van der Waals surface area contributed by atoms with Gasteiger partial charge in [-0.05, 0) is 32.2 Å². The van der Waals surface area contributed by atoms with E-state index in [1.807, 2.05) is 0 Å². The Morgan fingerprint density at radius 1 is 1.47 bits per heavy atom. The lowest BCUT2D eigenvalue weighted by molar-refractivity contribution is 0.683. The van der Waals surface area contributed by atoms with E-state index in [1.54, 1.807) is 5.57 Å². The van der Waals surface area contributed by atoms with Crippen LogP contribution in [0.5, 0.6) is 0 Å². The second-order valence-corrected chi connectivity index (χ2v) is 5.48. The Labute approximate surface area is 106 Å². The van der Waals surface area contributed by atoms with Crippen molar-refractivity contribution in [3.8, 4) is 0 Å². The molecular weight excluding hydrogens is 232 g/mol. The molecule has 4 nitrogen and oxygen atoms in total. The Balaban J connectivity index is 1.45. The van der Waals surface area contributed by atoms with Crippen LogP contribution in [0, 0.1) is 0 Å². The molecule has 0 amide bonds. The molecule has 92 valence electrons. The van der Waals surface area contributed by atoms with Gasteiger partial charge >= 0.3 is 0 Å². The number of nitrogens with one attached hydrogen (secondary N) is 2. The van der Waals surface area contributed by atoms with E-state index in [1.165, 1.54) is 30.8 Å². The summed E-state index contributed by atoms with van der Waals surface area (Å²) in [5.41, 5.74) is 1.56. The van der Waals surface area contributed by atoms with Gasteiger partial charge in [0.1, 0.15) is 5.82 Å². The Kier molecular flexibility index (Phi) is 3.38. The highest BCUT2D eigenvalue weighted by Gasteiger charge is 2.27. The molecule has 2 aliphatic rings. The van der Waals surface area contributed by atoms with Gasteiger partial charge in [0.2, 0.25) is 5.13 Å². The van der Waals surface area contributed by atoms with Gasteiger partial charge in [-0.2, -0.15) is 4.37 Å². The quantitative estimate of drug-likeness (QED) is 0.786. The van der Waals surface area contributed by atoms with Gasteiger partial charge in [0.15, 0.2) is 0 Å². The number of rotatable bonds is 5. The van der Waals surface area contributed by atoms with Crippen LogP contribution in [0.1, 0.15) is 37.4 Å². The molecule has 2 N–H and O–H groups in total. The molecule has 1 aliphatic carbocycles. The second kappa shape index (κ2) is 5.14. The van der Waals surface area contributed by atoms with Crippen LogP contribution in [0.15, 0.2) is 11.6 Å². The van der Waals surface area contributed by atoms with Crippen LogP contribution < -0.4 is 10.6 Å². The van der Waals surface area contributed by atoms with Crippen molar-refractivity contribution < 1.29 is 0 Å². The molecular formula is C12H18N4S. The van der Waals surface area contributed by atoms with Crippen LogP contribution in [0.25, 0.3) is 0 Å². The topological polar surface area (TPSA) is 49.8 Å². The van der Waals surface area contributed by atoms with E-state index in [-0.39, 0.29) is 0 Å². The lowest BCUT2D eigenvalue weighted by atomic mass is 10.1. The maximum absolute atomic E-state index is 4.52. The van der Waals surface area contributed by atoms with E-state index < -0.39 is 0 Å². The van der Waals surface area contributed by atoms with Crippen LogP contribution in [0.3, 0.4) is 0 Å². The molecule has 0 saturated heterocycles. The summed E-state index contributed by atoms with van der Waals surface area (Å²) in [5.74, 6) is 1.72. The van der Waals surface area contributed by atoms with Crippen molar-refractivity contribution in [2.45, 2.75) is 31.6 Å². The molecule has 1 aliphatic heterocycles. The van der Waals surface area contributed by atoms with Crippen LogP contribution in [0.2, 0.25) is 0 Å². The summed E-state index contributed by atoms with van der Waals surface area (Å²) >= 11 is 1.50. The summed E-state index contributed by atoms with van der Waals surface area (Å²) in [6.07, 6.45) is 7.16. The highest BCUT2D eigenvalue weighted by molar-refractivity contribution is 7.09. The summed E-state index contributed by atoms with van der Waals surface area (Å²) in [4.78, 5) is 4.52. The summed E-state index contributed by atoms with van der Waals surface area (Å²) in [6, 6.07) is 0. The number of aromatic nitrogens is 2. The van der Waals surface area contributed by atoms with Gasteiger partial charge < -0.3 is 10.6 Å². The molecule has 2 heterocycles. The van der Waals surface area contributed by atoms with Gasteiger partial charge in [0.25, 0.3) is 0 Å². The molecule has 3 rings (SSSR count). The first kappa shape index (κ1) is 11.2. The van der Waals surface area contributed by atoms with E-state index in [0.717, 1.165) is 37.0 Å². The molecule has 0 spiro atoms. The zero-order valence-corrected chi connectivity index (χ0v) is 10.7. The predicted octanol–water partition coefficient (Wildman–Crippen LogP) is 2.14. The fourth-order valence-electron chi connectivity index (χ4n) is 2.04. The fraction of sp³-hybridized carbons (Fsp3) is 0.667. The minimum atomic E-state index is 0.661. The van der Waals surface area contributed by atoms with E-state index in [9.17, 15) is 0 Å². The predicted molar refractivity (Wildman–Crippen MR) is 70.6 cm³/mol. The van der Waals surface area contributed by atoms with Gasteiger partial charge in [0, 0.05) is 30.5 Å². The fourth-order valence-corrected chi connectivity index (χ4v) is 2.71. The van der Waals surface area contributed by atoms with Crippen molar-refractivity contribution in [3.05, 3.63) is 17.5 Å². The SMILES string of the molecule is C1=C(CCNc2nc(C3CC3)ns2)CCNC1. The third-order valence-electron chi connectivity index (χ3n) is 3.26. The van der Waals surface area contributed by atoms with E-state index in [0.29, 0.717) is 5.92 Å². The molecule has 0 atom stereocenters. The average Bonchev–Trinajstić information content (AvgIpc) is 3.11. The third kappa shape index (κ3) is 3.04. The molecule has 0 aromatic carbocycles. The number of hydrogen-bond donors (Lipinski definition) is 2. The molecule has 1 aromatic rings. The van der Waals surface area contributed by atoms with Crippen molar-refractivity contribution >= 4 is 16.7 Å². The van der Waals surface area contributed by atoms with Crippen molar-refractivity contribution in [2.75, 3.05) is 25.0 Å². The smallest absolute Gasteiger partial charge is 0.202 e. The Bertz CT molecular complexity index is 408. The van der Waals surface area contributed by atoms with Crippen molar-refractivity contribution in [1.29, 1.82) is 0 Å². The number of hydrogen-bond acceptors (Lipinski definition) is 5. The van der Waals surface area contributed by atoms with Gasteiger partial charge in [-0.25, -0.2) is 4.98 Å². The molecule has 1 fully saturated rings. The number of anilines is 1. The Morgan fingerprint density at radius 3 is 3.18 bits per heavy atom. The van der Waals surface area contributed by atoms with E-state index in [4.69, 9.17) is 0 Å². The maximum atomic E-state index is 4.52. The zero-order valence-electron chi connectivity index (χ0n) is 9.91. The van der Waals surface area contributed by atoms with E-state index >= 15 is 0 Å². The van der Waals surface area contributed by atoms with Gasteiger partial charge in [0.05, 0.1) is 0 Å². The first-order valence-electron chi connectivity index (χ1n) is 6.38. The van der Waals surface area contributed by atoms with Gasteiger partial charge in [-0.1, -0.05) is 11.6 Å². The summed E-state index contributed by atoms with van der Waals surface area (Å²) in [7, 11) is 0. The Morgan fingerprint density at radius 2 is 2.41 bits per heavy atom. The molecule has 5 heteroatoms. The zero-order chi connectivity index (χ0) is 11.5. The van der Waals surface area contributed by atoms with Crippen LogP contribution in [-0.4, -0.2) is 29.0 Å². The molecule has 0 radical (unpaired) electrons. The highest BCUT2D eigenvalue weighted by Crippen LogP contribution is 2.39. The largest absolute Gasteiger partial charge is 0.360 e. The summed E-state index contributed by atoms with van der Waals surface area (Å²) in [5, 5.41) is 7.69. The first-order valence-corrected chi connectivity index (χ1v) is 7.15. The average molecular weight is 250 g/mol. The maximum Gasteiger partial charge on any atom is 0.202 e. The standard InChI is InChI=1S/C12H18N4S/c1-2-10(1)11-15-12(17-16-11)14-8-5-9-3-6-13-7-4-9/h3,10,13H,1-2,4-8H2,(H,14,15,16). The molecule has 0 unspecified atom stereocenters. The lowest BCUT2D eigenvalue weighted by Crippen LogP contribution is -2.21. The normalized spacial score (nSPS) is 20.1. The molecule has 1 aromatic heterocycles. The van der Waals surface area contributed by atoms with Crippen LogP contribution >= 0.6 is 11.5 Å². The Hall–Kier alpha value is -0.940.